The van der Waals surface area contributed by atoms with Crippen molar-refractivity contribution in [2.75, 3.05) is 26.2 Å². The largest absolute Gasteiger partial charge is 0.460 e. The van der Waals surface area contributed by atoms with E-state index in [1.54, 1.807) is 0 Å². The molecule has 2 fully saturated rings. The molecule has 140 valence electrons. The highest BCUT2D eigenvalue weighted by molar-refractivity contribution is 5.70. The zero-order chi connectivity index (χ0) is 17.9. The van der Waals surface area contributed by atoms with Gasteiger partial charge in [0, 0.05) is 38.3 Å². The Hall–Kier alpha value is -0.610. The molecule has 0 aromatic heterocycles. The topological polar surface area (TPSA) is 32.8 Å². The smallest absolute Gasteiger partial charge is 0.306 e. The van der Waals surface area contributed by atoms with Crippen LogP contribution >= 0.6 is 0 Å². The minimum absolute atomic E-state index is 0.0212. The minimum Gasteiger partial charge on any atom is -0.460 e. The Morgan fingerprint density at radius 2 is 1.75 bits per heavy atom. The summed E-state index contributed by atoms with van der Waals surface area (Å²) in [5.41, 5.74) is -0.382. The number of rotatable bonds is 4. The predicted octanol–water partition coefficient (Wildman–Crippen LogP) is 3.55. The Morgan fingerprint density at radius 1 is 1.12 bits per heavy atom. The third-order valence-corrected chi connectivity index (χ3v) is 5.76. The highest BCUT2D eigenvalue weighted by Crippen LogP contribution is 2.36. The second-order valence-electron chi connectivity index (χ2n) is 9.10. The Balaban J connectivity index is 1.97. The number of ether oxygens (including phenoxy) is 1. The van der Waals surface area contributed by atoms with Crippen molar-refractivity contribution >= 4 is 5.97 Å². The molecule has 1 saturated carbocycles. The first-order chi connectivity index (χ1) is 11.2. The molecule has 4 heteroatoms. The molecule has 24 heavy (non-hydrogen) atoms. The van der Waals surface area contributed by atoms with E-state index in [0.29, 0.717) is 30.3 Å². The zero-order valence-corrected chi connectivity index (χ0v) is 16.7. The molecule has 0 N–H and O–H groups in total. The average Bonchev–Trinajstić information content (AvgIpc) is 2.47. The SMILES string of the molecule is CC(C)N1CCN(C2CCC[C@H](C)[C@@H]2CC(=O)OC(C)(C)C)CC1. The van der Waals surface area contributed by atoms with Crippen LogP contribution in [-0.4, -0.2) is 59.6 Å². The van der Waals surface area contributed by atoms with Crippen LogP contribution in [0.25, 0.3) is 0 Å². The Bertz CT molecular complexity index is 408. The van der Waals surface area contributed by atoms with E-state index in [-0.39, 0.29) is 11.6 Å². The van der Waals surface area contributed by atoms with E-state index in [0.717, 1.165) is 26.2 Å². The highest BCUT2D eigenvalue weighted by Gasteiger charge is 2.37. The van der Waals surface area contributed by atoms with Crippen molar-refractivity contribution in [1.82, 2.24) is 9.80 Å². The van der Waals surface area contributed by atoms with Crippen molar-refractivity contribution in [3.05, 3.63) is 0 Å². The number of carbonyl (C=O) groups excluding carboxylic acids is 1. The van der Waals surface area contributed by atoms with Gasteiger partial charge in [-0.25, -0.2) is 0 Å². The summed E-state index contributed by atoms with van der Waals surface area (Å²) in [6, 6.07) is 1.19. The van der Waals surface area contributed by atoms with Crippen molar-refractivity contribution in [3.63, 3.8) is 0 Å². The fraction of sp³-hybridized carbons (Fsp3) is 0.950. The molecule has 2 rings (SSSR count). The second-order valence-corrected chi connectivity index (χ2v) is 9.10. The van der Waals surface area contributed by atoms with Gasteiger partial charge in [0.2, 0.25) is 0 Å². The molecule has 0 aromatic rings. The fourth-order valence-corrected chi connectivity index (χ4v) is 4.41. The van der Waals surface area contributed by atoms with Crippen LogP contribution in [0.15, 0.2) is 0 Å². The molecule has 0 spiro atoms. The monoisotopic (exact) mass is 338 g/mol. The lowest BCUT2D eigenvalue weighted by molar-refractivity contribution is -0.157. The molecule has 1 unspecified atom stereocenters. The third-order valence-electron chi connectivity index (χ3n) is 5.76. The predicted molar refractivity (Wildman–Crippen MR) is 99.0 cm³/mol. The molecule has 1 saturated heterocycles. The molecule has 2 aliphatic rings. The van der Waals surface area contributed by atoms with Crippen LogP contribution in [0.5, 0.6) is 0 Å². The van der Waals surface area contributed by atoms with Crippen LogP contribution in [0.4, 0.5) is 0 Å². The van der Waals surface area contributed by atoms with Gasteiger partial charge in [-0.1, -0.05) is 19.8 Å². The van der Waals surface area contributed by atoms with Gasteiger partial charge in [0.1, 0.15) is 5.60 Å². The molecule has 1 aliphatic carbocycles. The van der Waals surface area contributed by atoms with Gasteiger partial charge < -0.3 is 4.74 Å². The minimum atomic E-state index is -0.382. The Kier molecular flexibility index (Phi) is 6.72. The summed E-state index contributed by atoms with van der Waals surface area (Å²) in [6.45, 7) is 17.3. The van der Waals surface area contributed by atoms with Gasteiger partial charge >= 0.3 is 5.97 Å². The Labute approximate surface area is 148 Å². The number of hydrogen-bond donors (Lipinski definition) is 0. The lowest BCUT2D eigenvalue weighted by atomic mass is 9.74. The first-order valence-corrected chi connectivity index (χ1v) is 9.87. The Morgan fingerprint density at radius 3 is 2.29 bits per heavy atom. The van der Waals surface area contributed by atoms with Crippen LogP contribution in [0.3, 0.4) is 0 Å². The number of hydrogen-bond acceptors (Lipinski definition) is 4. The van der Waals surface area contributed by atoms with E-state index in [1.807, 2.05) is 20.8 Å². The summed E-state index contributed by atoms with van der Waals surface area (Å²) in [5, 5.41) is 0. The molecular formula is C20H38N2O2. The van der Waals surface area contributed by atoms with Gasteiger partial charge in [-0.2, -0.15) is 0 Å². The normalized spacial score (nSPS) is 30.5. The van der Waals surface area contributed by atoms with E-state index in [9.17, 15) is 4.79 Å². The van der Waals surface area contributed by atoms with Crippen molar-refractivity contribution in [2.45, 2.75) is 84.9 Å². The maximum absolute atomic E-state index is 12.4. The molecule has 0 aromatic carbocycles. The van der Waals surface area contributed by atoms with Gasteiger partial charge in [0.05, 0.1) is 6.42 Å². The number of carbonyl (C=O) groups is 1. The first kappa shape index (κ1) is 19.7. The van der Waals surface area contributed by atoms with Gasteiger partial charge in [-0.3, -0.25) is 14.6 Å². The van der Waals surface area contributed by atoms with Crippen LogP contribution in [0, 0.1) is 11.8 Å². The summed E-state index contributed by atoms with van der Waals surface area (Å²) in [5.74, 6) is 1.03. The standard InChI is InChI=1S/C20H38N2O2/c1-15(2)21-10-12-22(13-11-21)18-9-7-8-16(3)17(18)14-19(23)24-20(4,5)6/h15-18H,7-14H2,1-6H3/t16-,17-,18?/m0/s1. The highest BCUT2D eigenvalue weighted by atomic mass is 16.6. The van der Waals surface area contributed by atoms with Crippen molar-refractivity contribution in [2.24, 2.45) is 11.8 Å². The van der Waals surface area contributed by atoms with E-state index in [4.69, 9.17) is 4.74 Å². The van der Waals surface area contributed by atoms with Crippen molar-refractivity contribution in [3.8, 4) is 0 Å². The summed E-state index contributed by atoms with van der Waals surface area (Å²) in [4.78, 5) is 17.6. The van der Waals surface area contributed by atoms with E-state index >= 15 is 0 Å². The van der Waals surface area contributed by atoms with Gasteiger partial charge in [-0.15, -0.1) is 0 Å². The quantitative estimate of drug-likeness (QED) is 0.734. The van der Waals surface area contributed by atoms with Crippen molar-refractivity contribution in [1.29, 1.82) is 0 Å². The van der Waals surface area contributed by atoms with Gasteiger partial charge in [0.25, 0.3) is 0 Å². The molecule has 0 radical (unpaired) electrons. The second kappa shape index (κ2) is 8.18. The van der Waals surface area contributed by atoms with Gasteiger partial charge in [-0.05, 0) is 52.9 Å². The molecular weight excluding hydrogens is 300 g/mol. The third kappa shape index (κ3) is 5.45. The number of nitrogens with zero attached hydrogens (tertiary/aromatic N) is 2. The van der Waals surface area contributed by atoms with E-state index < -0.39 is 0 Å². The molecule has 0 amide bonds. The molecule has 1 heterocycles. The maximum Gasteiger partial charge on any atom is 0.306 e. The number of esters is 1. The van der Waals surface area contributed by atoms with E-state index in [2.05, 4.69) is 30.6 Å². The van der Waals surface area contributed by atoms with Crippen LogP contribution in [0.1, 0.15) is 67.2 Å². The lowest BCUT2D eigenvalue weighted by Gasteiger charge is -2.47. The van der Waals surface area contributed by atoms with E-state index in [1.165, 1.54) is 19.3 Å². The van der Waals surface area contributed by atoms with Crippen molar-refractivity contribution < 1.29 is 9.53 Å². The summed E-state index contributed by atoms with van der Waals surface area (Å²) in [7, 11) is 0. The summed E-state index contributed by atoms with van der Waals surface area (Å²) < 4.78 is 5.61. The van der Waals surface area contributed by atoms with Crippen LogP contribution in [0.2, 0.25) is 0 Å². The zero-order valence-electron chi connectivity index (χ0n) is 16.7. The number of piperazine rings is 1. The molecule has 0 bridgehead atoms. The van der Waals surface area contributed by atoms with Crippen LogP contribution < -0.4 is 0 Å². The van der Waals surface area contributed by atoms with Gasteiger partial charge in [0.15, 0.2) is 0 Å². The average molecular weight is 339 g/mol. The summed E-state index contributed by atoms with van der Waals surface area (Å²) in [6.07, 6.45) is 4.35. The summed E-state index contributed by atoms with van der Waals surface area (Å²) >= 11 is 0. The lowest BCUT2D eigenvalue weighted by Crippen LogP contribution is -2.55. The maximum atomic E-state index is 12.4. The first-order valence-electron chi connectivity index (χ1n) is 9.87. The molecule has 4 nitrogen and oxygen atoms in total. The molecule has 3 atom stereocenters. The fourth-order valence-electron chi connectivity index (χ4n) is 4.41. The molecule has 1 aliphatic heterocycles. The van der Waals surface area contributed by atoms with Crippen LogP contribution in [-0.2, 0) is 9.53 Å².